The summed E-state index contributed by atoms with van der Waals surface area (Å²) in [6.07, 6.45) is 3.71. The van der Waals surface area contributed by atoms with Gasteiger partial charge in [0.05, 0.1) is 6.10 Å². The van der Waals surface area contributed by atoms with Gasteiger partial charge in [-0.05, 0) is 25.0 Å². The Morgan fingerprint density at radius 1 is 1.41 bits per heavy atom. The van der Waals surface area contributed by atoms with Gasteiger partial charge in [-0.15, -0.1) is 0 Å². The van der Waals surface area contributed by atoms with Gasteiger partial charge in [0.15, 0.2) is 0 Å². The summed E-state index contributed by atoms with van der Waals surface area (Å²) >= 11 is 0. The topological polar surface area (TPSA) is 40.5 Å². The van der Waals surface area contributed by atoms with Crippen molar-refractivity contribution < 1.29 is 9.90 Å². The number of rotatable bonds is 2. The molecule has 1 atom stereocenters. The molecule has 3 heteroatoms. The van der Waals surface area contributed by atoms with Gasteiger partial charge < -0.3 is 10.0 Å². The minimum absolute atomic E-state index is 0.0258. The summed E-state index contributed by atoms with van der Waals surface area (Å²) in [6, 6.07) is 8.00. The van der Waals surface area contributed by atoms with Gasteiger partial charge in [-0.1, -0.05) is 29.8 Å². The second kappa shape index (κ2) is 5.15. The largest absolute Gasteiger partial charge is 0.391 e. The number of nitrogens with zero attached hydrogens (tertiary/aromatic N) is 1. The zero-order chi connectivity index (χ0) is 12.3. The molecule has 0 saturated carbocycles. The summed E-state index contributed by atoms with van der Waals surface area (Å²) in [4.78, 5) is 13.4. The van der Waals surface area contributed by atoms with Crippen LogP contribution in [0.25, 0.3) is 6.08 Å². The molecular weight excluding hydrogens is 214 g/mol. The molecule has 1 aromatic carbocycles. The maximum absolute atomic E-state index is 11.8. The molecule has 1 fully saturated rings. The third-order valence-electron chi connectivity index (χ3n) is 2.97. The minimum Gasteiger partial charge on any atom is -0.391 e. The van der Waals surface area contributed by atoms with Crippen LogP contribution in [0, 0.1) is 6.92 Å². The summed E-state index contributed by atoms with van der Waals surface area (Å²) in [6.45, 7) is 3.14. The first-order valence-electron chi connectivity index (χ1n) is 5.87. The summed E-state index contributed by atoms with van der Waals surface area (Å²) in [7, 11) is 0. The maximum Gasteiger partial charge on any atom is 0.246 e. The fraction of sp³-hybridized carbons (Fsp3) is 0.357. The highest BCUT2D eigenvalue weighted by molar-refractivity contribution is 5.91. The number of likely N-dealkylation sites (tertiary alicyclic amines) is 1. The molecule has 0 aromatic heterocycles. The number of hydrogen-bond acceptors (Lipinski definition) is 2. The van der Waals surface area contributed by atoms with Crippen LogP contribution in [0.4, 0.5) is 0 Å². The molecule has 0 spiro atoms. The number of aliphatic hydroxyl groups is 1. The Bertz CT molecular complexity index is 422. The normalized spacial score (nSPS) is 20.1. The summed E-state index contributed by atoms with van der Waals surface area (Å²) in [5, 5.41) is 9.35. The van der Waals surface area contributed by atoms with Gasteiger partial charge in [0, 0.05) is 19.2 Å². The molecule has 0 unspecified atom stereocenters. The Labute approximate surface area is 101 Å². The number of amides is 1. The molecule has 1 amide bonds. The third kappa shape index (κ3) is 3.17. The van der Waals surface area contributed by atoms with Crippen molar-refractivity contribution in [2.75, 3.05) is 13.1 Å². The first-order valence-corrected chi connectivity index (χ1v) is 5.87. The molecule has 1 aliphatic heterocycles. The van der Waals surface area contributed by atoms with Crippen LogP contribution in [0.3, 0.4) is 0 Å². The Hall–Kier alpha value is -1.61. The van der Waals surface area contributed by atoms with Crippen molar-refractivity contribution in [2.24, 2.45) is 0 Å². The van der Waals surface area contributed by atoms with E-state index in [9.17, 15) is 9.90 Å². The van der Waals surface area contributed by atoms with E-state index >= 15 is 0 Å². The summed E-state index contributed by atoms with van der Waals surface area (Å²) in [5.74, 6) is -0.0258. The van der Waals surface area contributed by atoms with E-state index in [4.69, 9.17) is 0 Å². The predicted molar refractivity (Wildman–Crippen MR) is 67.4 cm³/mol. The highest BCUT2D eigenvalue weighted by Crippen LogP contribution is 2.10. The SMILES string of the molecule is Cc1ccc(C=CC(=O)N2CC[C@H](O)C2)cc1. The van der Waals surface area contributed by atoms with E-state index in [2.05, 4.69) is 0 Å². The Morgan fingerprint density at radius 2 is 2.12 bits per heavy atom. The molecular formula is C14H17NO2. The zero-order valence-corrected chi connectivity index (χ0v) is 9.97. The number of aliphatic hydroxyl groups excluding tert-OH is 1. The monoisotopic (exact) mass is 231 g/mol. The third-order valence-corrected chi connectivity index (χ3v) is 2.97. The Morgan fingerprint density at radius 3 is 2.71 bits per heavy atom. The molecule has 0 aliphatic carbocycles. The van der Waals surface area contributed by atoms with Crippen molar-refractivity contribution >= 4 is 12.0 Å². The number of hydrogen-bond donors (Lipinski definition) is 1. The van der Waals surface area contributed by atoms with Crippen LogP contribution in [-0.4, -0.2) is 35.1 Å². The van der Waals surface area contributed by atoms with Crippen molar-refractivity contribution in [3.8, 4) is 0 Å². The summed E-state index contributed by atoms with van der Waals surface area (Å²) in [5.41, 5.74) is 2.22. The van der Waals surface area contributed by atoms with Gasteiger partial charge in [-0.3, -0.25) is 4.79 Å². The number of carbonyl (C=O) groups excluding carboxylic acids is 1. The number of aryl methyl sites for hydroxylation is 1. The lowest BCUT2D eigenvalue weighted by molar-refractivity contribution is -0.125. The second-order valence-corrected chi connectivity index (χ2v) is 4.47. The fourth-order valence-corrected chi connectivity index (χ4v) is 1.89. The molecule has 1 N–H and O–H groups in total. The van der Waals surface area contributed by atoms with Crippen LogP contribution in [-0.2, 0) is 4.79 Å². The fourth-order valence-electron chi connectivity index (χ4n) is 1.89. The van der Waals surface area contributed by atoms with E-state index in [1.807, 2.05) is 37.3 Å². The lowest BCUT2D eigenvalue weighted by Gasteiger charge is -2.12. The van der Waals surface area contributed by atoms with E-state index < -0.39 is 0 Å². The van der Waals surface area contributed by atoms with Gasteiger partial charge in [-0.25, -0.2) is 0 Å². The molecule has 0 bridgehead atoms. The molecule has 1 saturated heterocycles. The van der Waals surface area contributed by atoms with E-state index in [-0.39, 0.29) is 12.0 Å². The quantitative estimate of drug-likeness (QED) is 0.785. The van der Waals surface area contributed by atoms with Crippen LogP contribution in [0.15, 0.2) is 30.3 Å². The Balaban J connectivity index is 1.96. The van der Waals surface area contributed by atoms with Crippen LogP contribution in [0.5, 0.6) is 0 Å². The molecule has 17 heavy (non-hydrogen) atoms. The van der Waals surface area contributed by atoms with Crippen molar-refractivity contribution in [3.63, 3.8) is 0 Å². The molecule has 2 rings (SSSR count). The van der Waals surface area contributed by atoms with Gasteiger partial charge >= 0.3 is 0 Å². The highest BCUT2D eigenvalue weighted by Gasteiger charge is 2.22. The number of β-amino-alcohol motifs (C(OH)–C–C–N with tert-alkyl or cyclic N) is 1. The molecule has 90 valence electrons. The van der Waals surface area contributed by atoms with E-state index in [0.29, 0.717) is 19.5 Å². The molecule has 1 aromatic rings. The van der Waals surface area contributed by atoms with Crippen molar-refractivity contribution in [2.45, 2.75) is 19.4 Å². The summed E-state index contributed by atoms with van der Waals surface area (Å²) < 4.78 is 0. The van der Waals surface area contributed by atoms with Crippen molar-refractivity contribution in [3.05, 3.63) is 41.5 Å². The first-order chi connectivity index (χ1) is 8.15. The van der Waals surface area contributed by atoms with E-state index in [0.717, 1.165) is 5.56 Å². The van der Waals surface area contributed by atoms with Crippen LogP contribution in [0.1, 0.15) is 17.5 Å². The van der Waals surface area contributed by atoms with Crippen LogP contribution >= 0.6 is 0 Å². The predicted octanol–water partition coefficient (Wildman–Crippen LogP) is 1.60. The first kappa shape index (κ1) is 11.9. The zero-order valence-electron chi connectivity index (χ0n) is 9.97. The Kier molecular flexibility index (Phi) is 3.59. The smallest absolute Gasteiger partial charge is 0.246 e. The van der Waals surface area contributed by atoms with Crippen molar-refractivity contribution in [1.82, 2.24) is 4.90 Å². The van der Waals surface area contributed by atoms with Gasteiger partial charge in [0.1, 0.15) is 0 Å². The van der Waals surface area contributed by atoms with E-state index in [1.54, 1.807) is 11.0 Å². The molecule has 1 heterocycles. The van der Waals surface area contributed by atoms with Crippen LogP contribution < -0.4 is 0 Å². The average Bonchev–Trinajstić information content (AvgIpc) is 2.75. The van der Waals surface area contributed by atoms with E-state index in [1.165, 1.54) is 5.56 Å². The standard InChI is InChI=1S/C14H17NO2/c1-11-2-4-12(5-3-11)6-7-14(17)15-9-8-13(16)10-15/h2-7,13,16H,8-10H2,1H3/t13-/m0/s1. The second-order valence-electron chi connectivity index (χ2n) is 4.47. The van der Waals surface area contributed by atoms with Gasteiger partial charge in [0.25, 0.3) is 0 Å². The van der Waals surface area contributed by atoms with Gasteiger partial charge in [0.2, 0.25) is 5.91 Å². The lowest BCUT2D eigenvalue weighted by atomic mass is 10.1. The van der Waals surface area contributed by atoms with Crippen molar-refractivity contribution in [1.29, 1.82) is 0 Å². The highest BCUT2D eigenvalue weighted by atomic mass is 16.3. The number of carbonyl (C=O) groups is 1. The maximum atomic E-state index is 11.8. The molecule has 3 nitrogen and oxygen atoms in total. The molecule has 1 aliphatic rings. The van der Waals surface area contributed by atoms with Crippen LogP contribution in [0.2, 0.25) is 0 Å². The lowest BCUT2D eigenvalue weighted by Crippen LogP contribution is -2.27. The molecule has 0 radical (unpaired) electrons. The number of benzene rings is 1. The average molecular weight is 231 g/mol. The minimum atomic E-state index is -0.355. The van der Waals surface area contributed by atoms with Gasteiger partial charge in [-0.2, -0.15) is 0 Å².